The maximum atomic E-state index is 9.03. The van der Waals surface area contributed by atoms with Crippen LogP contribution in [-0.4, -0.2) is 30.8 Å². The Morgan fingerprint density at radius 2 is 2.12 bits per heavy atom. The number of nitrogens with zero attached hydrogens (tertiary/aromatic N) is 1. The summed E-state index contributed by atoms with van der Waals surface area (Å²) in [6.07, 6.45) is 1.05. The number of rotatable bonds is 3. The van der Waals surface area contributed by atoms with Crippen LogP contribution in [0, 0.1) is 5.92 Å². The van der Waals surface area contributed by atoms with E-state index in [9.17, 15) is 0 Å². The van der Waals surface area contributed by atoms with E-state index in [0.717, 1.165) is 24.5 Å². The SMILES string of the molecule is NC(CO)C1CCN(c2ccc(Cl)cc2)C1. The smallest absolute Gasteiger partial charge is 0.0585 e. The third-order valence-electron chi connectivity index (χ3n) is 3.23. The van der Waals surface area contributed by atoms with E-state index in [1.807, 2.05) is 24.3 Å². The first-order valence-electron chi connectivity index (χ1n) is 5.57. The average molecular weight is 241 g/mol. The second-order valence-electron chi connectivity index (χ2n) is 4.32. The average Bonchev–Trinajstić information content (AvgIpc) is 2.78. The van der Waals surface area contributed by atoms with Gasteiger partial charge in [0, 0.05) is 29.8 Å². The Balaban J connectivity index is 2.00. The lowest BCUT2D eigenvalue weighted by Crippen LogP contribution is -2.35. The molecule has 1 aliphatic heterocycles. The van der Waals surface area contributed by atoms with Crippen LogP contribution in [0.4, 0.5) is 5.69 Å². The Kier molecular flexibility index (Phi) is 3.69. The van der Waals surface area contributed by atoms with E-state index in [-0.39, 0.29) is 12.6 Å². The van der Waals surface area contributed by atoms with Gasteiger partial charge in [0.25, 0.3) is 0 Å². The summed E-state index contributed by atoms with van der Waals surface area (Å²) in [6, 6.07) is 7.74. The molecule has 2 rings (SSSR count). The topological polar surface area (TPSA) is 49.5 Å². The van der Waals surface area contributed by atoms with Gasteiger partial charge in [0.05, 0.1) is 6.61 Å². The van der Waals surface area contributed by atoms with E-state index < -0.39 is 0 Å². The standard InChI is InChI=1S/C12H17ClN2O/c13-10-1-3-11(4-2-10)15-6-5-9(7-15)12(14)8-16/h1-4,9,12,16H,5-8,14H2. The lowest BCUT2D eigenvalue weighted by Gasteiger charge is -2.20. The van der Waals surface area contributed by atoms with Crippen molar-refractivity contribution in [3.63, 3.8) is 0 Å². The number of aliphatic hydroxyl groups is 1. The molecule has 0 saturated carbocycles. The van der Waals surface area contributed by atoms with Crippen molar-refractivity contribution in [1.82, 2.24) is 0 Å². The van der Waals surface area contributed by atoms with Crippen molar-refractivity contribution in [3.05, 3.63) is 29.3 Å². The summed E-state index contributed by atoms with van der Waals surface area (Å²) in [5.74, 6) is 0.390. The van der Waals surface area contributed by atoms with Crippen molar-refractivity contribution in [2.75, 3.05) is 24.6 Å². The van der Waals surface area contributed by atoms with E-state index >= 15 is 0 Å². The second kappa shape index (κ2) is 5.04. The van der Waals surface area contributed by atoms with Crippen molar-refractivity contribution in [2.45, 2.75) is 12.5 Å². The molecule has 16 heavy (non-hydrogen) atoms. The number of aliphatic hydroxyl groups excluding tert-OH is 1. The van der Waals surface area contributed by atoms with Crippen LogP contribution in [0.1, 0.15) is 6.42 Å². The maximum absolute atomic E-state index is 9.03. The predicted molar refractivity (Wildman–Crippen MR) is 66.8 cm³/mol. The Labute approximate surface area is 101 Å². The van der Waals surface area contributed by atoms with Crippen molar-refractivity contribution in [1.29, 1.82) is 0 Å². The molecule has 1 aliphatic rings. The van der Waals surface area contributed by atoms with Crippen LogP contribution in [0.3, 0.4) is 0 Å². The van der Waals surface area contributed by atoms with E-state index in [4.69, 9.17) is 22.4 Å². The van der Waals surface area contributed by atoms with Crippen LogP contribution in [0.5, 0.6) is 0 Å². The van der Waals surface area contributed by atoms with Gasteiger partial charge >= 0.3 is 0 Å². The van der Waals surface area contributed by atoms with Gasteiger partial charge in [0.1, 0.15) is 0 Å². The van der Waals surface area contributed by atoms with E-state index in [1.54, 1.807) is 0 Å². The molecule has 1 fully saturated rings. The first-order chi connectivity index (χ1) is 7.70. The third-order valence-corrected chi connectivity index (χ3v) is 3.48. The van der Waals surface area contributed by atoms with Crippen molar-refractivity contribution >= 4 is 17.3 Å². The van der Waals surface area contributed by atoms with Crippen molar-refractivity contribution in [2.24, 2.45) is 11.7 Å². The largest absolute Gasteiger partial charge is 0.395 e. The van der Waals surface area contributed by atoms with Gasteiger partial charge in [0.2, 0.25) is 0 Å². The predicted octanol–water partition coefficient (Wildman–Crippen LogP) is 1.49. The van der Waals surface area contributed by atoms with Gasteiger partial charge in [-0.15, -0.1) is 0 Å². The first kappa shape index (κ1) is 11.7. The van der Waals surface area contributed by atoms with Gasteiger partial charge in [-0.1, -0.05) is 11.6 Å². The zero-order valence-corrected chi connectivity index (χ0v) is 9.90. The zero-order chi connectivity index (χ0) is 11.5. The highest BCUT2D eigenvalue weighted by atomic mass is 35.5. The highest BCUT2D eigenvalue weighted by Gasteiger charge is 2.26. The summed E-state index contributed by atoms with van der Waals surface area (Å²) in [5, 5.41) is 9.78. The first-order valence-corrected chi connectivity index (χ1v) is 5.95. The minimum Gasteiger partial charge on any atom is -0.395 e. The lowest BCUT2D eigenvalue weighted by molar-refractivity contribution is 0.233. The Morgan fingerprint density at radius 3 is 2.75 bits per heavy atom. The molecule has 1 heterocycles. The summed E-state index contributed by atoms with van der Waals surface area (Å²) < 4.78 is 0. The van der Waals surface area contributed by atoms with Crippen LogP contribution in [0.25, 0.3) is 0 Å². The normalized spacial score (nSPS) is 22.4. The van der Waals surface area contributed by atoms with Crippen LogP contribution in [0.15, 0.2) is 24.3 Å². The monoisotopic (exact) mass is 240 g/mol. The lowest BCUT2D eigenvalue weighted by atomic mass is 10.0. The minimum absolute atomic E-state index is 0.0686. The summed E-state index contributed by atoms with van der Waals surface area (Å²) in [4.78, 5) is 2.29. The van der Waals surface area contributed by atoms with E-state index in [2.05, 4.69) is 4.90 Å². The Morgan fingerprint density at radius 1 is 1.44 bits per heavy atom. The number of anilines is 1. The molecular formula is C12H17ClN2O. The molecular weight excluding hydrogens is 224 g/mol. The van der Waals surface area contributed by atoms with Crippen LogP contribution < -0.4 is 10.6 Å². The third kappa shape index (κ3) is 2.48. The molecule has 2 unspecified atom stereocenters. The molecule has 3 nitrogen and oxygen atoms in total. The number of benzene rings is 1. The maximum Gasteiger partial charge on any atom is 0.0585 e. The van der Waals surface area contributed by atoms with Gasteiger partial charge in [-0.25, -0.2) is 0 Å². The summed E-state index contributed by atoms with van der Waals surface area (Å²) in [7, 11) is 0. The number of halogens is 1. The number of nitrogens with two attached hydrogens (primary N) is 1. The molecule has 3 N–H and O–H groups in total. The molecule has 0 aromatic heterocycles. The van der Waals surface area contributed by atoms with E-state index in [1.165, 1.54) is 5.69 Å². The second-order valence-corrected chi connectivity index (χ2v) is 4.75. The van der Waals surface area contributed by atoms with E-state index in [0.29, 0.717) is 5.92 Å². The molecule has 1 saturated heterocycles. The Hall–Kier alpha value is -0.770. The Bertz CT molecular complexity index is 341. The van der Waals surface area contributed by atoms with Gasteiger partial charge in [-0.2, -0.15) is 0 Å². The summed E-state index contributed by atoms with van der Waals surface area (Å²) >= 11 is 5.85. The minimum atomic E-state index is -0.0997. The highest BCUT2D eigenvalue weighted by molar-refractivity contribution is 6.30. The highest BCUT2D eigenvalue weighted by Crippen LogP contribution is 2.26. The van der Waals surface area contributed by atoms with Gasteiger partial charge in [-0.3, -0.25) is 0 Å². The van der Waals surface area contributed by atoms with Crippen molar-refractivity contribution in [3.8, 4) is 0 Å². The fraction of sp³-hybridized carbons (Fsp3) is 0.500. The fourth-order valence-corrected chi connectivity index (χ4v) is 2.30. The van der Waals surface area contributed by atoms with Gasteiger partial charge in [-0.05, 0) is 36.6 Å². The number of hydrogen-bond donors (Lipinski definition) is 2. The molecule has 0 aliphatic carbocycles. The van der Waals surface area contributed by atoms with Crippen LogP contribution >= 0.6 is 11.6 Å². The van der Waals surface area contributed by atoms with Crippen molar-refractivity contribution < 1.29 is 5.11 Å². The molecule has 88 valence electrons. The molecule has 0 spiro atoms. The molecule has 4 heteroatoms. The zero-order valence-electron chi connectivity index (χ0n) is 9.14. The molecule has 2 atom stereocenters. The molecule has 0 amide bonds. The van der Waals surface area contributed by atoms with Crippen LogP contribution in [-0.2, 0) is 0 Å². The molecule has 1 aromatic carbocycles. The van der Waals surface area contributed by atoms with Crippen LogP contribution in [0.2, 0.25) is 5.02 Å². The molecule has 0 radical (unpaired) electrons. The summed E-state index contributed by atoms with van der Waals surface area (Å²) in [6.45, 7) is 1.99. The number of hydrogen-bond acceptors (Lipinski definition) is 3. The fourth-order valence-electron chi connectivity index (χ4n) is 2.17. The van der Waals surface area contributed by atoms with Gasteiger partial charge < -0.3 is 15.7 Å². The molecule has 0 bridgehead atoms. The quantitative estimate of drug-likeness (QED) is 0.842. The van der Waals surface area contributed by atoms with Gasteiger partial charge in [0.15, 0.2) is 0 Å². The summed E-state index contributed by atoms with van der Waals surface area (Å²) in [5.41, 5.74) is 7.02. The molecule has 1 aromatic rings.